The van der Waals surface area contributed by atoms with Crippen molar-refractivity contribution in [3.05, 3.63) is 59.7 Å². The summed E-state index contributed by atoms with van der Waals surface area (Å²) >= 11 is 0. The van der Waals surface area contributed by atoms with Gasteiger partial charge in [0.15, 0.2) is 0 Å². The average molecular weight is 575 g/mol. The van der Waals surface area contributed by atoms with Crippen molar-refractivity contribution in [2.75, 3.05) is 27.2 Å². The van der Waals surface area contributed by atoms with E-state index in [4.69, 9.17) is 9.47 Å². The summed E-state index contributed by atoms with van der Waals surface area (Å²) < 4.78 is 53.7. The summed E-state index contributed by atoms with van der Waals surface area (Å²) in [7, 11) is -0.838. The zero-order valence-corrected chi connectivity index (χ0v) is 24.6. The van der Waals surface area contributed by atoms with Crippen LogP contribution in [0.3, 0.4) is 0 Å². The number of amides is 1. The number of hydrogen-bond donors (Lipinski definition) is 1. The summed E-state index contributed by atoms with van der Waals surface area (Å²) in [4.78, 5) is 28.9. The molecular weight excluding hydrogens is 539 g/mol. The Bertz CT molecular complexity index is 1550. The number of rotatable bonds is 9. The van der Waals surface area contributed by atoms with Crippen LogP contribution in [-0.2, 0) is 26.0 Å². The van der Waals surface area contributed by atoms with Crippen LogP contribution in [0.4, 0.5) is 9.18 Å². The molecule has 1 N–H and O–H groups in total. The molecule has 10 nitrogen and oxygen atoms in total. The zero-order chi connectivity index (χ0) is 29.8. The van der Waals surface area contributed by atoms with E-state index in [0.717, 1.165) is 4.31 Å². The van der Waals surface area contributed by atoms with Crippen molar-refractivity contribution >= 4 is 33.1 Å². The second-order valence-corrected chi connectivity index (χ2v) is 12.3. The van der Waals surface area contributed by atoms with Gasteiger partial charge in [-0.25, -0.2) is 31.7 Å². The van der Waals surface area contributed by atoms with Gasteiger partial charge < -0.3 is 19.4 Å². The van der Waals surface area contributed by atoms with E-state index in [-0.39, 0.29) is 30.3 Å². The number of benzene rings is 1. The first-order valence-electron chi connectivity index (χ1n) is 12.7. The highest BCUT2D eigenvalue weighted by Crippen LogP contribution is 2.35. The van der Waals surface area contributed by atoms with Gasteiger partial charge in [-0.15, -0.1) is 0 Å². The van der Waals surface area contributed by atoms with Crippen LogP contribution in [0, 0.1) is 6.92 Å². The van der Waals surface area contributed by atoms with E-state index in [1.165, 1.54) is 38.4 Å². The number of pyridine rings is 1. The molecule has 0 saturated heterocycles. The maximum absolute atomic E-state index is 15.1. The Labute approximate surface area is 233 Å². The number of aromatic nitrogens is 2. The van der Waals surface area contributed by atoms with E-state index in [0.29, 0.717) is 27.9 Å². The SMILES string of the molecule is CCOC(=O)c1ccc2c(n1)c(-c1cccc(S(=O)(=O)N(C)C)c1)c(C)n2C/C(F)=C/CNC(=O)OC(C)(C)C. The number of alkyl carbamates (subject to hydrolysis) is 1. The topological polar surface area (TPSA) is 120 Å². The monoisotopic (exact) mass is 574 g/mol. The Morgan fingerprint density at radius 1 is 1.18 bits per heavy atom. The highest BCUT2D eigenvalue weighted by atomic mass is 32.2. The van der Waals surface area contributed by atoms with Crippen molar-refractivity contribution in [1.29, 1.82) is 0 Å². The molecule has 0 fully saturated rings. The Hall–Kier alpha value is -3.77. The van der Waals surface area contributed by atoms with Crippen molar-refractivity contribution in [2.45, 2.75) is 51.7 Å². The minimum Gasteiger partial charge on any atom is -0.461 e. The molecule has 0 aliphatic carbocycles. The molecule has 2 heterocycles. The molecule has 216 valence electrons. The van der Waals surface area contributed by atoms with Crippen molar-refractivity contribution in [3.63, 3.8) is 0 Å². The number of carbonyl (C=O) groups is 2. The van der Waals surface area contributed by atoms with Crippen molar-refractivity contribution in [3.8, 4) is 11.1 Å². The lowest BCUT2D eigenvalue weighted by molar-refractivity contribution is 0.0514. The van der Waals surface area contributed by atoms with E-state index in [1.54, 1.807) is 57.4 Å². The van der Waals surface area contributed by atoms with Gasteiger partial charge in [0.1, 0.15) is 17.1 Å². The second kappa shape index (κ2) is 12.2. The molecule has 0 saturated carbocycles. The fourth-order valence-electron chi connectivity index (χ4n) is 4.01. The van der Waals surface area contributed by atoms with Gasteiger partial charge in [0.05, 0.1) is 29.1 Å². The van der Waals surface area contributed by atoms with Gasteiger partial charge >= 0.3 is 12.1 Å². The van der Waals surface area contributed by atoms with Crippen LogP contribution in [0.15, 0.2) is 53.2 Å². The van der Waals surface area contributed by atoms with E-state index >= 15 is 4.39 Å². The summed E-state index contributed by atoms with van der Waals surface area (Å²) in [6, 6.07) is 9.52. The molecule has 0 bridgehead atoms. The Balaban J connectivity index is 2.08. The summed E-state index contributed by atoms with van der Waals surface area (Å²) in [5, 5.41) is 2.49. The number of hydrogen-bond acceptors (Lipinski definition) is 7. The van der Waals surface area contributed by atoms with Crippen LogP contribution in [0.25, 0.3) is 22.2 Å². The third-order valence-electron chi connectivity index (χ3n) is 5.83. The molecular formula is C28H35FN4O6S. The van der Waals surface area contributed by atoms with E-state index in [1.807, 2.05) is 0 Å². The molecule has 0 spiro atoms. The van der Waals surface area contributed by atoms with Crippen LogP contribution in [0.1, 0.15) is 43.9 Å². The molecule has 0 radical (unpaired) electrons. The third-order valence-corrected chi connectivity index (χ3v) is 7.64. The predicted octanol–water partition coefficient (Wildman–Crippen LogP) is 4.82. The van der Waals surface area contributed by atoms with Crippen LogP contribution >= 0.6 is 0 Å². The van der Waals surface area contributed by atoms with Gasteiger partial charge in [-0.1, -0.05) is 12.1 Å². The average Bonchev–Trinajstić information content (AvgIpc) is 3.13. The molecule has 0 atom stereocenters. The molecule has 3 aromatic rings. The normalized spacial score (nSPS) is 12.6. The summed E-state index contributed by atoms with van der Waals surface area (Å²) in [5.74, 6) is -1.13. The molecule has 3 rings (SSSR count). The Morgan fingerprint density at radius 2 is 1.88 bits per heavy atom. The minimum absolute atomic E-state index is 0.0717. The Kier molecular flexibility index (Phi) is 9.36. The quantitative estimate of drug-likeness (QED) is 0.364. The number of carbonyl (C=O) groups excluding carboxylic acids is 2. The lowest BCUT2D eigenvalue weighted by Gasteiger charge is -2.19. The molecule has 0 aliphatic heterocycles. The number of nitrogens with one attached hydrogen (secondary N) is 1. The van der Waals surface area contributed by atoms with Gasteiger partial charge in [-0.3, -0.25) is 0 Å². The fourth-order valence-corrected chi connectivity index (χ4v) is 4.95. The van der Waals surface area contributed by atoms with Crippen molar-refractivity contribution < 1.29 is 31.9 Å². The maximum Gasteiger partial charge on any atom is 0.407 e. The molecule has 40 heavy (non-hydrogen) atoms. The molecule has 0 unspecified atom stereocenters. The number of sulfonamides is 1. The van der Waals surface area contributed by atoms with Crippen LogP contribution < -0.4 is 5.32 Å². The Morgan fingerprint density at radius 3 is 2.50 bits per heavy atom. The molecule has 12 heteroatoms. The highest BCUT2D eigenvalue weighted by molar-refractivity contribution is 7.89. The smallest absolute Gasteiger partial charge is 0.407 e. The first kappa shape index (κ1) is 30.8. The van der Waals surface area contributed by atoms with E-state index in [2.05, 4.69) is 10.3 Å². The molecule has 1 amide bonds. The highest BCUT2D eigenvalue weighted by Gasteiger charge is 2.23. The molecule has 1 aromatic carbocycles. The largest absolute Gasteiger partial charge is 0.461 e. The third kappa shape index (κ3) is 7.05. The number of ether oxygens (including phenoxy) is 2. The number of nitrogens with zero attached hydrogens (tertiary/aromatic N) is 3. The first-order valence-corrected chi connectivity index (χ1v) is 14.1. The maximum atomic E-state index is 15.1. The second-order valence-electron chi connectivity index (χ2n) is 10.2. The van der Waals surface area contributed by atoms with Gasteiger partial charge in [0.25, 0.3) is 0 Å². The summed E-state index contributed by atoms with van der Waals surface area (Å²) in [5.41, 5.74) is 2.01. The molecule has 2 aromatic heterocycles. The number of esters is 1. The lowest BCUT2D eigenvalue weighted by atomic mass is 10.0. The zero-order valence-electron chi connectivity index (χ0n) is 23.7. The van der Waals surface area contributed by atoms with Crippen molar-refractivity contribution in [2.24, 2.45) is 0 Å². The molecule has 0 aliphatic rings. The van der Waals surface area contributed by atoms with Crippen LogP contribution in [0.5, 0.6) is 0 Å². The first-order chi connectivity index (χ1) is 18.7. The summed E-state index contributed by atoms with van der Waals surface area (Å²) in [6.45, 7) is 8.54. The van der Waals surface area contributed by atoms with Crippen LogP contribution in [-0.4, -0.2) is 67.2 Å². The number of halogens is 1. The fraction of sp³-hybridized carbons (Fsp3) is 0.393. The van der Waals surface area contributed by atoms with E-state index < -0.39 is 33.5 Å². The van der Waals surface area contributed by atoms with Gasteiger partial charge in [0.2, 0.25) is 10.0 Å². The van der Waals surface area contributed by atoms with Crippen molar-refractivity contribution in [1.82, 2.24) is 19.2 Å². The van der Waals surface area contributed by atoms with Gasteiger partial charge in [-0.05, 0) is 70.5 Å². The van der Waals surface area contributed by atoms with Gasteiger partial charge in [0, 0.05) is 31.9 Å². The number of allylic oxidation sites excluding steroid dienone is 1. The van der Waals surface area contributed by atoms with E-state index in [9.17, 15) is 18.0 Å². The standard InChI is InChI=1S/C28H35FN4O6S/c1-8-38-26(34)22-12-13-23-25(31-22)24(19-10-9-11-21(16-19)40(36,37)32(6)7)18(2)33(23)17-20(29)14-15-30-27(35)39-28(3,4)5/h9-14,16H,8,15,17H2,1-7H3,(H,30,35)/b20-14-. The lowest BCUT2D eigenvalue weighted by Crippen LogP contribution is -2.32. The van der Waals surface area contributed by atoms with Gasteiger partial charge in [-0.2, -0.15) is 0 Å². The number of fused-ring (bicyclic) bond motifs is 1. The summed E-state index contributed by atoms with van der Waals surface area (Å²) in [6.07, 6.45) is 0.573. The minimum atomic E-state index is -3.73. The van der Waals surface area contributed by atoms with Crippen LogP contribution in [0.2, 0.25) is 0 Å². The predicted molar refractivity (Wildman–Crippen MR) is 150 cm³/mol.